The Morgan fingerprint density at radius 2 is 1.73 bits per heavy atom. The fourth-order valence-electron chi connectivity index (χ4n) is 1.55. The molecular formula is C13H22N2. The first-order valence-corrected chi connectivity index (χ1v) is 5.73. The number of nitrogens with one attached hydrogen (secondary N) is 1. The lowest BCUT2D eigenvalue weighted by Gasteiger charge is -2.27. The number of hydrogen-bond donors (Lipinski definition) is 2. The SMILES string of the molecule is CCC(N)(CC)CNCc1ccccc1. The Kier molecular flexibility index (Phi) is 4.79. The van der Waals surface area contributed by atoms with Crippen molar-refractivity contribution in [3.8, 4) is 0 Å². The molecule has 0 radical (unpaired) electrons. The highest BCUT2D eigenvalue weighted by Gasteiger charge is 2.18. The second kappa shape index (κ2) is 5.89. The van der Waals surface area contributed by atoms with E-state index in [0.29, 0.717) is 0 Å². The molecule has 2 heteroatoms. The molecule has 15 heavy (non-hydrogen) atoms. The van der Waals surface area contributed by atoms with E-state index in [0.717, 1.165) is 25.9 Å². The zero-order valence-corrected chi connectivity index (χ0v) is 9.79. The number of hydrogen-bond acceptors (Lipinski definition) is 2. The van der Waals surface area contributed by atoms with Gasteiger partial charge in [-0.3, -0.25) is 0 Å². The van der Waals surface area contributed by atoms with E-state index in [4.69, 9.17) is 5.73 Å². The van der Waals surface area contributed by atoms with E-state index in [2.05, 4.69) is 43.4 Å². The molecule has 0 aromatic heterocycles. The maximum Gasteiger partial charge on any atom is 0.0275 e. The number of benzene rings is 1. The summed E-state index contributed by atoms with van der Waals surface area (Å²) in [6.07, 6.45) is 2.04. The maximum absolute atomic E-state index is 6.20. The highest BCUT2D eigenvalue weighted by atomic mass is 14.9. The summed E-state index contributed by atoms with van der Waals surface area (Å²) in [5.41, 5.74) is 7.46. The number of rotatable bonds is 6. The minimum Gasteiger partial charge on any atom is -0.324 e. The van der Waals surface area contributed by atoms with E-state index in [1.54, 1.807) is 0 Å². The largest absolute Gasteiger partial charge is 0.324 e. The first kappa shape index (κ1) is 12.2. The second-order valence-electron chi connectivity index (χ2n) is 4.16. The van der Waals surface area contributed by atoms with Gasteiger partial charge < -0.3 is 11.1 Å². The normalized spacial score (nSPS) is 11.7. The molecule has 1 rings (SSSR count). The molecular weight excluding hydrogens is 184 g/mol. The summed E-state index contributed by atoms with van der Waals surface area (Å²) >= 11 is 0. The molecule has 3 N–H and O–H groups in total. The van der Waals surface area contributed by atoms with Gasteiger partial charge in [-0.15, -0.1) is 0 Å². The maximum atomic E-state index is 6.20. The Hall–Kier alpha value is -0.860. The molecule has 0 fully saturated rings. The first-order chi connectivity index (χ1) is 7.20. The Morgan fingerprint density at radius 3 is 2.27 bits per heavy atom. The third kappa shape index (κ3) is 4.02. The van der Waals surface area contributed by atoms with Crippen molar-refractivity contribution in [2.45, 2.75) is 38.8 Å². The van der Waals surface area contributed by atoms with Gasteiger partial charge >= 0.3 is 0 Å². The molecule has 0 amide bonds. The summed E-state index contributed by atoms with van der Waals surface area (Å²) in [4.78, 5) is 0. The Balaban J connectivity index is 2.33. The van der Waals surface area contributed by atoms with Crippen LogP contribution in [0.3, 0.4) is 0 Å². The molecule has 1 aromatic carbocycles. The van der Waals surface area contributed by atoms with Gasteiger partial charge in [0.05, 0.1) is 0 Å². The van der Waals surface area contributed by atoms with Crippen molar-refractivity contribution in [3.05, 3.63) is 35.9 Å². The first-order valence-electron chi connectivity index (χ1n) is 5.73. The fraction of sp³-hybridized carbons (Fsp3) is 0.538. The van der Waals surface area contributed by atoms with Gasteiger partial charge in [0.1, 0.15) is 0 Å². The molecule has 0 aliphatic carbocycles. The van der Waals surface area contributed by atoms with Crippen LogP contribution in [-0.4, -0.2) is 12.1 Å². The molecule has 2 nitrogen and oxygen atoms in total. The van der Waals surface area contributed by atoms with Crippen LogP contribution in [-0.2, 0) is 6.54 Å². The van der Waals surface area contributed by atoms with Crippen LogP contribution in [0.15, 0.2) is 30.3 Å². The van der Waals surface area contributed by atoms with Crippen LogP contribution in [0.25, 0.3) is 0 Å². The Morgan fingerprint density at radius 1 is 1.13 bits per heavy atom. The van der Waals surface area contributed by atoms with Crippen LogP contribution < -0.4 is 11.1 Å². The third-order valence-corrected chi connectivity index (χ3v) is 3.06. The van der Waals surface area contributed by atoms with Crippen molar-refractivity contribution in [1.82, 2.24) is 5.32 Å². The zero-order chi connectivity index (χ0) is 11.1. The second-order valence-corrected chi connectivity index (χ2v) is 4.16. The smallest absolute Gasteiger partial charge is 0.0275 e. The summed E-state index contributed by atoms with van der Waals surface area (Å²) < 4.78 is 0. The molecule has 84 valence electrons. The van der Waals surface area contributed by atoms with E-state index in [1.807, 2.05) is 6.07 Å². The molecule has 0 aliphatic heterocycles. The van der Waals surface area contributed by atoms with Gasteiger partial charge in [0, 0.05) is 18.6 Å². The van der Waals surface area contributed by atoms with Gasteiger partial charge in [-0.25, -0.2) is 0 Å². The Labute approximate surface area is 92.9 Å². The van der Waals surface area contributed by atoms with Crippen molar-refractivity contribution in [2.75, 3.05) is 6.54 Å². The monoisotopic (exact) mass is 206 g/mol. The average molecular weight is 206 g/mol. The standard InChI is InChI=1S/C13H22N2/c1-3-13(14,4-2)11-15-10-12-8-6-5-7-9-12/h5-9,15H,3-4,10-11,14H2,1-2H3. The zero-order valence-electron chi connectivity index (χ0n) is 9.79. The molecule has 0 spiro atoms. The fourth-order valence-corrected chi connectivity index (χ4v) is 1.55. The van der Waals surface area contributed by atoms with E-state index in [9.17, 15) is 0 Å². The van der Waals surface area contributed by atoms with Crippen molar-refractivity contribution >= 4 is 0 Å². The minimum absolute atomic E-state index is 0.0468. The van der Waals surface area contributed by atoms with Crippen molar-refractivity contribution in [3.63, 3.8) is 0 Å². The van der Waals surface area contributed by atoms with Gasteiger partial charge in [-0.2, -0.15) is 0 Å². The molecule has 0 saturated carbocycles. The van der Waals surface area contributed by atoms with Gasteiger partial charge in [0.25, 0.3) is 0 Å². The Bertz CT molecular complexity index is 265. The van der Waals surface area contributed by atoms with Crippen molar-refractivity contribution < 1.29 is 0 Å². The van der Waals surface area contributed by atoms with Gasteiger partial charge in [-0.05, 0) is 18.4 Å². The van der Waals surface area contributed by atoms with Gasteiger partial charge in [-0.1, -0.05) is 44.2 Å². The predicted molar refractivity (Wildman–Crippen MR) is 65.6 cm³/mol. The van der Waals surface area contributed by atoms with Crippen molar-refractivity contribution in [1.29, 1.82) is 0 Å². The molecule has 0 aliphatic rings. The average Bonchev–Trinajstić information content (AvgIpc) is 2.30. The summed E-state index contributed by atoms with van der Waals surface area (Å²) in [5.74, 6) is 0. The highest BCUT2D eigenvalue weighted by molar-refractivity contribution is 5.14. The topological polar surface area (TPSA) is 38.0 Å². The van der Waals surface area contributed by atoms with Crippen molar-refractivity contribution in [2.24, 2.45) is 5.73 Å². The van der Waals surface area contributed by atoms with Gasteiger partial charge in [0.2, 0.25) is 0 Å². The van der Waals surface area contributed by atoms with E-state index in [1.165, 1.54) is 5.56 Å². The quantitative estimate of drug-likeness (QED) is 0.749. The molecule has 0 atom stereocenters. The van der Waals surface area contributed by atoms with Crippen LogP contribution in [0.2, 0.25) is 0 Å². The van der Waals surface area contributed by atoms with Crippen LogP contribution in [0.4, 0.5) is 0 Å². The molecule has 0 saturated heterocycles. The molecule has 0 unspecified atom stereocenters. The van der Waals surface area contributed by atoms with Crippen LogP contribution in [0.5, 0.6) is 0 Å². The third-order valence-electron chi connectivity index (χ3n) is 3.06. The van der Waals surface area contributed by atoms with Crippen LogP contribution >= 0.6 is 0 Å². The summed E-state index contributed by atoms with van der Waals surface area (Å²) in [6, 6.07) is 10.4. The lowest BCUT2D eigenvalue weighted by molar-refractivity contribution is 0.369. The summed E-state index contributed by atoms with van der Waals surface area (Å²) in [7, 11) is 0. The molecule has 0 heterocycles. The highest BCUT2D eigenvalue weighted by Crippen LogP contribution is 2.09. The van der Waals surface area contributed by atoms with E-state index >= 15 is 0 Å². The molecule has 0 bridgehead atoms. The summed E-state index contributed by atoms with van der Waals surface area (Å²) in [5, 5.41) is 3.42. The minimum atomic E-state index is -0.0468. The van der Waals surface area contributed by atoms with Crippen LogP contribution in [0, 0.1) is 0 Å². The van der Waals surface area contributed by atoms with Crippen LogP contribution in [0.1, 0.15) is 32.3 Å². The lowest BCUT2D eigenvalue weighted by Crippen LogP contribution is -2.47. The van der Waals surface area contributed by atoms with E-state index < -0.39 is 0 Å². The molecule has 1 aromatic rings. The lowest BCUT2D eigenvalue weighted by atomic mass is 9.94. The predicted octanol–water partition coefficient (Wildman–Crippen LogP) is 2.29. The number of nitrogens with two attached hydrogens (primary N) is 1. The van der Waals surface area contributed by atoms with Gasteiger partial charge in [0.15, 0.2) is 0 Å². The van der Waals surface area contributed by atoms with E-state index in [-0.39, 0.29) is 5.54 Å². The summed E-state index contributed by atoms with van der Waals surface area (Å²) in [6.45, 7) is 6.08.